The molecule has 0 bridgehead atoms. The molecule has 1 rings (SSSR count). The highest BCUT2D eigenvalue weighted by Crippen LogP contribution is 2.18. The molecule has 0 amide bonds. The lowest BCUT2D eigenvalue weighted by Gasteiger charge is -2.31. The van der Waals surface area contributed by atoms with Gasteiger partial charge < -0.3 is 15.5 Å². The van der Waals surface area contributed by atoms with Gasteiger partial charge in [0.2, 0.25) is 0 Å². The Morgan fingerprint density at radius 3 is 2.62 bits per heavy atom. The average molecular weight is 187 g/mol. The smallest absolute Gasteiger partial charge is 0.0693 e. The summed E-state index contributed by atoms with van der Waals surface area (Å²) in [6.07, 6.45) is 4.97. The fourth-order valence-corrected chi connectivity index (χ4v) is 1.91. The number of aliphatic hydroxyl groups excluding tert-OH is 2. The van der Waals surface area contributed by atoms with Gasteiger partial charge in [0.05, 0.1) is 12.7 Å². The number of rotatable bonds is 4. The van der Waals surface area contributed by atoms with E-state index in [1.807, 2.05) is 6.92 Å². The summed E-state index contributed by atoms with van der Waals surface area (Å²) < 4.78 is 0. The zero-order chi connectivity index (χ0) is 9.68. The Kier molecular flexibility index (Phi) is 4.70. The fourth-order valence-electron chi connectivity index (χ4n) is 1.91. The second-order valence-electron chi connectivity index (χ2n) is 3.91. The van der Waals surface area contributed by atoms with Gasteiger partial charge in [-0.2, -0.15) is 0 Å². The molecule has 0 saturated heterocycles. The van der Waals surface area contributed by atoms with E-state index in [0.29, 0.717) is 0 Å². The van der Waals surface area contributed by atoms with Gasteiger partial charge in [-0.1, -0.05) is 19.8 Å². The maximum absolute atomic E-state index is 9.66. The van der Waals surface area contributed by atoms with Crippen molar-refractivity contribution in [3.05, 3.63) is 0 Å². The van der Waals surface area contributed by atoms with Crippen LogP contribution in [0.25, 0.3) is 0 Å². The summed E-state index contributed by atoms with van der Waals surface area (Å²) in [4.78, 5) is 0. The van der Waals surface area contributed by atoms with Crippen molar-refractivity contribution in [2.24, 2.45) is 0 Å². The molecular weight excluding hydrogens is 166 g/mol. The molecule has 0 heterocycles. The van der Waals surface area contributed by atoms with Crippen molar-refractivity contribution in [1.82, 2.24) is 5.32 Å². The second kappa shape index (κ2) is 5.58. The molecule has 1 aliphatic rings. The third-order valence-electron chi connectivity index (χ3n) is 2.89. The van der Waals surface area contributed by atoms with Gasteiger partial charge in [-0.15, -0.1) is 0 Å². The van der Waals surface area contributed by atoms with E-state index < -0.39 is 0 Å². The SMILES string of the molecule is CCC(CO)NC1CCCCC1O. The van der Waals surface area contributed by atoms with Crippen LogP contribution >= 0.6 is 0 Å². The van der Waals surface area contributed by atoms with Crippen LogP contribution in [0.3, 0.4) is 0 Å². The molecule has 0 aromatic carbocycles. The van der Waals surface area contributed by atoms with Crippen LogP contribution in [0.4, 0.5) is 0 Å². The molecule has 3 unspecified atom stereocenters. The van der Waals surface area contributed by atoms with Crippen molar-refractivity contribution in [1.29, 1.82) is 0 Å². The first-order valence-electron chi connectivity index (χ1n) is 5.33. The number of aliphatic hydroxyl groups is 2. The maximum atomic E-state index is 9.66. The molecule has 0 aliphatic heterocycles. The lowest BCUT2D eigenvalue weighted by atomic mass is 9.92. The van der Waals surface area contributed by atoms with Crippen molar-refractivity contribution < 1.29 is 10.2 Å². The van der Waals surface area contributed by atoms with E-state index in [2.05, 4.69) is 5.32 Å². The molecule has 0 aromatic heterocycles. The zero-order valence-corrected chi connectivity index (χ0v) is 8.37. The number of nitrogens with one attached hydrogen (secondary N) is 1. The van der Waals surface area contributed by atoms with Crippen LogP contribution < -0.4 is 5.32 Å². The van der Waals surface area contributed by atoms with Crippen molar-refractivity contribution in [3.8, 4) is 0 Å². The summed E-state index contributed by atoms with van der Waals surface area (Å²) in [6.45, 7) is 2.21. The van der Waals surface area contributed by atoms with E-state index in [1.54, 1.807) is 0 Å². The Morgan fingerprint density at radius 2 is 2.08 bits per heavy atom. The third kappa shape index (κ3) is 3.25. The van der Waals surface area contributed by atoms with Gasteiger partial charge >= 0.3 is 0 Å². The third-order valence-corrected chi connectivity index (χ3v) is 2.89. The predicted octanol–water partition coefficient (Wildman–Crippen LogP) is 0.650. The van der Waals surface area contributed by atoms with E-state index in [9.17, 15) is 5.11 Å². The molecule has 1 fully saturated rings. The van der Waals surface area contributed by atoms with Gasteiger partial charge in [0.1, 0.15) is 0 Å². The summed E-state index contributed by atoms with van der Waals surface area (Å²) in [5.41, 5.74) is 0. The molecule has 1 aliphatic carbocycles. The quantitative estimate of drug-likeness (QED) is 0.605. The first-order chi connectivity index (χ1) is 6.27. The Labute approximate surface area is 80.2 Å². The average Bonchev–Trinajstić information content (AvgIpc) is 2.17. The van der Waals surface area contributed by atoms with E-state index >= 15 is 0 Å². The van der Waals surface area contributed by atoms with Crippen molar-refractivity contribution in [2.45, 2.75) is 57.2 Å². The molecule has 3 heteroatoms. The van der Waals surface area contributed by atoms with Crippen molar-refractivity contribution in [3.63, 3.8) is 0 Å². The van der Waals surface area contributed by atoms with E-state index in [4.69, 9.17) is 5.11 Å². The molecule has 0 radical (unpaired) electrons. The minimum atomic E-state index is -0.214. The van der Waals surface area contributed by atoms with Gasteiger partial charge in [-0.3, -0.25) is 0 Å². The van der Waals surface area contributed by atoms with Crippen molar-refractivity contribution in [2.75, 3.05) is 6.61 Å². The van der Waals surface area contributed by atoms with Crippen LogP contribution in [-0.2, 0) is 0 Å². The summed E-state index contributed by atoms with van der Waals surface area (Å²) >= 11 is 0. The molecular formula is C10H21NO2. The van der Waals surface area contributed by atoms with Gasteiger partial charge in [-0.25, -0.2) is 0 Å². The summed E-state index contributed by atoms with van der Waals surface area (Å²) in [6, 6.07) is 0.351. The van der Waals surface area contributed by atoms with Gasteiger partial charge in [0.25, 0.3) is 0 Å². The topological polar surface area (TPSA) is 52.5 Å². The minimum Gasteiger partial charge on any atom is -0.395 e. The van der Waals surface area contributed by atoms with Gasteiger partial charge in [-0.05, 0) is 19.3 Å². The lowest BCUT2D eigenvalue weighted by Crippen LogP contribution is -2.48. The largest absolute Gasteiger partial charge is 0.395 e. The molecule has 3 N–H and O–H groups in total. The Morgan fingerprint density at radius 1 is 1.38 bits per heavy atom. The van der Waals surface area contributed by atoms with Crippen LogP contribution in [0.1, 0.15) is 39.0 Å². The highest BCUT2D eigenvalue weighted by molar-refractivity contribution is 4.82. The Bertz CT molecular complexity index is 137. The Balaban J connectivity index is 2.32. The van der Waals surface area contributed by atoms with E-state index in [-0.39, 0.29) is 24.8 Å². The maximum Gasteiger partial charge on any atom is 0.0693 e. The van der Waals surface area contributed by atoms with Crippen LogP contribution in [0.15, 0.2) is 0 Å². The van der Waals surface area contributed by atoms with Crippen molar-refractivity contribution >= 4 is 0 Å². The Hall–Kier alpha value is -0.120. The van der Waals surface area contributed by atoms with E-state index in [0.717, 1.165) is 25.7 Å². The highest BCUT2D eigenvalue weighted by atomic mass is 16.3. The molecule has 3 nitrogen and oxygen atoms in total. The standard InChI is InChI=1S/C10H21NO2/c1-2-8(7-12)11-9-5-3-4-6-10(9)13/h8-13H,2-7H2,1H3. The predicted molar refractivity (Wildman–Crippen MR) is 52.6 cm³/mol. The lowest BCUT2D eigenvalue weighted by molar-refractivity contribution is 0.0780. The summed E-state index contributed by atoms with van der Waals surface area (Å²) in [7, 11) is 0. The van der Waals surface area contributed by atoms with Crippen LogP contribution in [0.5, 0.6) is 0 Å². The van der Waals surface area contributed by atoms with Gasteiger partial charge in [0, 0.05) is 12.1 Å². The first-order valence-corrected chi connectivity index (χ1v) is 5.33. The summed E-state index contributed by atoms with van der Waals surface area (Å²) in [5.74, 6) is 0. The van der Waals surface area contributed by atoms with Crippen LogP contribution in [0, 0.1) is 0 Å². The summed E-state index contributed by atoms with van der Waals surface area (Å²) in [5, 5.41) is 22.0. The van der Waals surface area contributed by atoms with E-state index in [1.165, 1.54) is 6.42 Å². The highest BCUT2D eigenvalue weighted by Gasteiger charge is 2.24. The number of hydrogen-bond donors (Lipinski definition) is 3. The zero-order valence-electron chi connectivity index (χ0n) is 8.37. The van der Waals surface area contributed by atoms with Crippen LogP contribution in [0.2, 0.25) is 0 Å². The molecule has 13 heavy (non-hydrogen) atoms. The minimum absolute atomic E-state index is 0.151. The first kappa shape index (κ1) is 11.0. The molecule has 0 spiro atoms. The second-order valence-corrected chi connectivity index (χ2v) is 3.91. The van der Waals surface area contributed by atoms with Crippen LogP contribution in [-0.4, -0.2) is 35.0 Å². The molecule has 1 saturated carbocycles. The van der Waals surface area contributed by atoms with Gasteiger partial charge in [0.15, 0.2) is 0 Å². The molecule has 0 aromatic rings. The fraction of sp³-hybridized carbons (Fsp3) is 1.00. The number of hydrogen-bond acceptors (Lipinski definition) is 3. The normalized spacial score (nSPS) is 31.6. The molecule has 78 valence electrons. The monoisotopic (exact) mass is 187 g/mol. The molecule has 3 atom stereocenters.